The van der Waals surface area contributed by atoms with Gasteiger partial charge in [0.05, 0.1) is 13.5 Å². The summed E-state index contributed by atoms with van der Waals surface area (Å²) in [6, 6.07) is 7.71. The fourth-order valence-electron chi connectivity index (χ4n) is 1.32. The van der Waals surface area contributed by atoms with E-state index < -0.39 is 0 Å². The van der Waals surface area contributed by atoms with E-state index >= 15 is 0 Å². The smallest absolute Gasteiger partial charge is 0.101 e. The predicted molar refractivity (Wildman–Crippen MR) is 79.6 cm³/mol. The predicted octanol–water partition coefficient (Wildman–Crippen LogP) is 4.38. The quantitative estimate of drug-likeness (QED) is 0.579. The molecule has 0 amide bonds. The van der Waals surface area contributed by atoms with Crippen LogP contribution in [0.5, 0.6) is 0 Å². The van der Waals surface area contributed by atoms with Crippen molar-refractivity contribution >= 4 is 56.1 Å². The van der Waals surface area contributed by atoms with Gasteiger partial charge in [0.25, 0.3) is 0 Å². The Bertz CT molecular complexity index is 598. The summed E-state index contributed by atoms with van der Waals surface area (Å²) in [7, 11) is 0. The number of hydrogen-bond donors (Lipinski definition) is 0. The summed E-state index contributed by atoms with van der Waals surface area (Å²) in [5.74, 6) is 0. The van der Waals surface area contributed by atoms with Crippen molar-refractivity contribution in [1.82, 2.24) is 4.98 Å². The minimum Gasteiger partial charge on any atom is -0.264 e. The van der Waals surface area contributed by atoms with Crippen molar-refractivity contribution in [2.45, 2.75) is 0 Å². The van der Waals surface area contributed by atoms with E-state index in [1.165, 1.54) is 0 Å². The highest BCUT2D eigenvalue weighted by atomic mass is 127. The molecule has 0 fully saturated rings. The highest BCUT2D eigenvalue weighted by molar-refractivity contribution is 14.1. The summed E-state index contributed by atoms with van der Waals surface area (Å²) < 4.78 is 1.14. The van der Waals surface area contributed by atoms with Gasteiger partial charge in [-0.25, -0.2) is 0 Å². The number of thiophene rings is 1. The van der Waals surface area contributed by atoms with E-state index in [2.05, 4.69) is 33.6 Å². The van der Waals surface area contributed by atoms with Gasteiger partial charge in [0.2, 0.25) is 0 Å². The SMILES string of the molecule is N#C/C(=C(/Cl)c1csc(I)c1)c1cccnc1. The highest BCUT2D eigenvalue weighted by Gasteiger charge is 2.10. The molecule has 0 saturated heterocycles. The summed E-state index contributed by atoms with van der Waals surface area (Å²) in [6.45, 7) is 0. The molecule has 2 heterocycles. The fraction of sp³-hybridized carbons (Fsp3) is 0. The molecule has 0 N–H and O–H groups in total. The van der Waals surface area contributed by atoms with Crippen molar-refractivity contribution < 1.29 is 0 Å². The molecule has 0 spiro atoms. The first-order chi connectivity index (χ1) is 8.22. The number of allylic oxidation sites excluding steroid dienone is 1. The number of rotatable bonds is 2. The molecule has 17 heavy (non-hydrogen) atoms. The third kappa shape index (κ3) is 2.86. The van der Waals surface area contributed by atoms with Crippen LogP contribution < -0.4 is 0 Å². The van der Waals surface area contributed by atoms with Gasteiger partial charge in [-0.2, -0.15) is 5.26 Å². The average molecular weight is 373 g/mol. The minimum atomic E-state index is 0.453. The monoisotopic (exact) mass is 372 g/mol. The molecule has 2 aromatic rings. The van der Waals surface area contributed by atoms with E-state index in [1.54, 1.807) is 29.8 Å². The Kier molecular flexibility index (Phi) is 4.15. The van der Waals surface area contributed by atoms with E-state index in [0.717, 1.165) is 14.0 Å². The van der Waals surface area contributed by atoms with Gasteiger partial charge >= 0.3 is 0 Å². The molecule has 0 bridgehead atoms. The van der Waals surface area contributed by atoms with E-state index in [4.69, 9.17) is 11.6 Å². The van der Waals surface area contributed by atoms with Gasteiger partial charge in [0.15, 0.2) is 0 Å². The van der Waals surface area contributed by atoms with Crippen LogP contribution in [0.15, 0.2) is 36.0 Å². The fourth-order valence-corrected chi connectivity index (χ4v) is 2.98. The summed E-state index contributed by atoms with van der Waals surface area (Å²) in [6.07, 6.45) is 3.30. The molecule has 0 aromatic carbocycles. The Morgan fingerprint density at radius 3 is 2.82 bits per heavy atom. The van der Waals surface area contributed by atoms with E-state index in [1.807, 2.05) is 17.5 Å². The first-order valence-electron chi connectivity index (χ1n) is 4.67. The molecule has 0 aliphatic heterocycles. The highest BCUT2D eigenvalue weighted by Crippen LogP contribution is 2.32. The molecule has 0 aliphatic carbocycles. The van der Waals surface area contributed by atoms with E-state index in [9.17, 15) is 5.26 Å². The van der Waals surface area contributed by atoms with Crippen LogP contribution in [0.4, 0.5) is 0 Å². The summed E-state index contributed by atoms with van der Waals surface area (Å²) in [5, 5.41) is 11.6. The third-order valence-electron chi connectivity index (χ3n) is 2.10. The van der Waals surface area contributed by atoms with Gasteiger partial charge in [0.1, 0.15) is 6.07 Å². The molecule has 0 unspecified atom stereocenters. The van der Waals surface area contributed by atoms with Gasteiger partial charge in [-0.15, -0.1) is 11.3 Å². The molecular formula is C12H6ClIN2S. The van der Waals surface area contributed by atoms with Gasteiger partial charge < -0.3 is 0 Å². The van der Waals surface area contributed by atoms with Crippen molar-refractivity contribution in [1.29, 1.82) is 5.26 Å². The van der Waals surface area contributed by atoms with Crippen molar-refractivity contribution in [2.24, 2.45) is 0 Å². The van der Waals surface area contributed by atoms with Gasteiger partial charge in [-0.1, -0.05) is 17.7 Å². The Morgan fingerprint density at radius 1 is 1.47 bits per heavy atom. The zero-order valence-electron chi connectivity index (χ0n) is 8.52. The number of halogens is 2. The maximum Gasteiger partial charge on any atom is 0.101 e. The Balaban J connectivity index is 2.52. The maximum absolute atomic E-state index is 9.20. The zero-order valence-corrected chi connectivity index (χ0v) is 12.3. The standard InChI is InChI=1S/C12H6ClIN2S/c13-12(9-4-11(14)17-7-9)10(5-15)8-2-1-3-16-6-8/h1-4,6-7H/b12-10-. The van der Waals surface area contributed by atoms with Crippen molar-refractivity contribution in [2.75, 3.05) is 0 Å². The van der Waals surface area contributed by atoms with E-state index in [0.29, 0.717) is 10.6 Å². The number of nitriles is 1. The second-order valence-corrected chi connectivity index (χ2v) is 6.37. The van der Waals surface area contributed by atoms with Crippen LogP contribution in [0.3, 0.4) is 0 Å². The molecule has 2 nitrogen and oxygen atoms in total. The first kappa shape index (κ1) is 12.6. The maximum atomic E-state index is 9.20. The number of aromatic nitrogens is 1. The van der Waals surface area contributed by atoms with Gasteiger partial charge in [-0.3, -0.25) is 4.98 Å². The molecular weight excluding hydrogens is 367 g/mol. The lowest BCUT2D eigenvalue weighted by molar-refractivity contribution is 1.31. The molecule has 0 saturated carbocycles. The summed E-state index contributed by atoms with van der Waals surface area (Å²) in [5.41, 5.74) is 2.07. The van der Waals surface area contributed by atoms with Crippen LogP contribution in [0.25, 0.3) is 10.6 Å². The Morgan fingerprint density at radius 2 is 2.29 bits per heavy atom. The van der Waals surface area contributed by atoms with Crippen LogP contribution in [-0.4, -0.2) is 4.98 Å². The number of hydrogen-bond acceptors (Lipinski definition) is 3. The van der Waals surface area contributed by atoms with Crippen molar-refractivity contribution in [3.05, 3.63) is 50.0 Å². The average Bonchev–Trinajstić information content (AvgIpc) is 2.78. The van der Waals surface area contributed by atoms with E-state index in [-0.39, 0.29) is 0 Å². The number of pyridine rings is 1. The van der Waals surface area contributed by atoms with Gasteiger partial charge in [0, 0.05) is 28.9 Å². The molecule has 2 rings (SSSR count). The second-order valence-electron chi connectivity index (χ2n) is 3.18. The second kappa shape index (κ2) is 5.63. The van der Waals surface area contributed by atoms with Crippen LogP contribution in [0.1, 0.15) is 11.1 Å². The molecule has 2 aromatic heterocycles. The summed E-state index contributed by atoms with van der Waals surface area (Å²) in [4.78, 5) is 3.99. The topological polar surface area (TPSA) is 36.7 Å². The number of nitrogens with zero attached hydrogens (tertiary/aromatic N) is 2. The normalized spacial score (nSPS) is 11.8. The van der Waals surface area contributed by atoms with Crippen LogP contribution >= 0.6 is 45.5 Å². The van der Waals surface area contributed by atoms with Crippen LogP contribution in [0, 0.1) is 14.2 Å². The molecule has 0 atom stereocenters. The minimum absolute atomic E-state index is 0.453. The van der Waals surface area contributed by atoms with Gasteiger partial charge in [-0.05, 0) is 34.7 Å². The molecule has 5 heteroatoms. The molecule has 84 valence electrons. The van der Waals surface area contributed by atoms with Crippen molar-refractivity contribution in [3.63, 3.8) is 0 Å². The molecule has 0 aliphatic rings. The Hall–Kier alpha value is -0.900. The van der Waals surface area contributed by atoms with Crippen LogP contribution in [0.2, 0.25) is 0 Å². The first-order valence-corrected chi connectivity index (χ1v) is 7.00. The zero-order chi connectivity index (χ0) is 12.3. The lowest BCUT2D eigenvalue weighted by atomic mass is 10.1. The summed E-state index contributed by atoms with van der Waals surface area (Å²) >= 11 is 10.1. The Labute approximate surface area is 122 Å². The van der Waals surface area contributed by atoms with Crippen LogP contribution in [-0.2, 0) is 0 Å². The third-order valence-corrected chi connectivity index (χ3v) is 4.30. The lowest BCUT2D eigenvalue weighted by Crippen LogP contribution is -1.85. The largest absolute Gasteiger partial charge is 0.264 e. The lowest BCUT2D eigenvalue weighted by Gasteiger charge is -2.01. The van der Waals surface area contributed by atoms with Crippen molar-refractivity contribution in [3.8, 4) is 6.07 Å². The molecule has 0 radical (unpaired) electrons.